The zero-order valence-corrected chi connectivity index (χ0v) is 12.9. The summed E-state index contributed by atoms with van der Waals surface area (Å²) in [5.74, 6) is 0.489. The Kier molecular flexibility index (Phi) is 4.84. The Hall–Kier alpha value is -1.63. The summed E-state index contributed by atoms with van der Waals surface area (Å²) in [7, 11) is 0. The van der Waals surface area contributed by atoms with Gasteiger partial charge in [-0.3, -0.25) is 0 Å². The van der Waals surface area contributed by atoms with E-state index < -0.39 is 24.6 Å². The first-order valence-corrected chi connectivity index (χ1v) is 7.61. The Morgan fingerprint density at radius 3 is 2.39 bits per heavy atom. The summed E-state index contributed by atoms with van der Waals surface area (Å²) in [5.41, 5.74) is 1.96. The predicted octanol–water partition coefficient (Wildman–Crippen LogP) is 1.82. The molecule has 122 valence electrons. The van der Waals surface area contributed by atoms with E-state index >= 15 is 0 Å². The fraction of sp³-hybridized carbons (Fsp3) is 0.294. The minimum Gasteiger partial charge on any atom is -0.462 e. The average molecular weight is 337 g/mol. The van der Waals surface area contributed by atoms with Gasteiger partial charge >= 0.3 is 0 Å². The third kappa shape index (κ3) is 3.65. The Bertz CT molecular complexity index is 660. The summed E-state index contributed by atoms with van der Waals surface area (Å²) in [5, 5.41) is 29.6. The molecule has 0 aromatic heterocycles. The van der Waals surface area contributed by atoms with Gasteiger partial charge in [-0.15, -0.1) is 0 Å². The molecule has 0 bridgehead atoms. The summed E-state index contributed by atoms with van der Waals surface area (Å²) in [6.45, 7) is -0.0938. The van der Waals surface area contributed by atoms with E-state index in [0.29, 0.717) is 10.8 Å². The van der Waals surface area contributed by atoms with Gasteiger partial charge in [0.2, 0.25) is 6.29 Å². The van der Waals surface area contributed by atoms with Crippen LogP contribution in [0.4, 0.5) is 0 Å². The number of ether oxygens (including phenoxy) is 2. The van der Waals surface area contributed by atoms with E-state index in [2.05, 4.69) is 0 Å². The highest BCUT2D eigenvalue weighted by atomic mass is 35.5. The van der Waals surface area contributed by atoms with Gasteiger partial charge in [-0.25, -0.2) is 0 Å². The smallest absolute Gasteiger partial charge is 0.228 e. The molecule has 3 N–H and O–H groups in total. The van der Waals surface area contributed by atoms with Crippen LogP contribution in [0.5, 0.6) is 5.75 Å². The van der Waals surface area contributed by atoms with Gasteiger partial charge < -0.3 is 24.8 Å². The number of hydrogen-bond donors (Lipinski definition) is 3. The monoisotopic (exact) mass is 336 g/mol. The van der Waals surface area contributed by atoms with Crippen molar-refractivity contribution in [3.8, 4) is 16.9 Å². The summed E-state index contributed by atoms with van der Waals surface area (Å²) in [6.07, 6.45) is -4.74. The Labute approximate surface area is 138 Å². The zero-order chi connectivity index (χ0) is 16.4. The molecule has 5 nitrogen and oxygen atoms in total. The molecule has 1 aliphatic rings. The fourth-order valence-electron chi connectivity index (χ4n) is 2.41. The van der Waals surface area contributed by atoms with Gasteiger partial charge in [0.05, 0.1) is 6.61 Å². The molecule has 6 heteroatoms. The lowest BCUT2D eigenvalue weighted by Crippen LogP contribution is -2.54. The molecule has 1 aliphatic heterocycles. The third-order valence-corrected chi connectivity index (χ3v) is 3.95. The first-order valence-electron chi connectivity index (χ1n) is 7.23. The van der Waals surface area contributed by atoms with Crippen molar-refractivity contribution in [1.82, 2.24) is 0 Å². The lowest BCUT2D eigenvalue weighted by molar-refractivity contribution is -0.242. The molecule has 0 amide bonds. The molecule has 1 heterocycles. The highest BCUT2D eigenvalue weighted by Crippen LogP contribution is 2.26. The molecular weight excluding hydrogens is 320 g/mol. The van der Waals surface area contributed by atoms with Crippen molar-refractivity contribution in [3.63, 3.8) is 0 Å². The second kappa shape index (κ2) is 6.86. The molecule has 1 saturated heterocycles. The van der Waals surface area contributed by atoms with Crippen LogP contribution in [0.15, 0.2) is 48.5 Å². The van der Waals surface area contributed by atoms with Crippen LogP contribution in [-0.2, 0) is 4.74 Å². The third-order valence-electron chi connectivity index (χ3n) is 3.72. The number of aliphatic hydroxyl groups is 3. The highest BCUT2D eigenvalue weighted by Gasteiger charge is 2.38. The van der Waals surface area contributed by atoms with Crippen LogP contribution in [0.2, 0.25) is 5.02 Å². The van der Waals surface area contributed by atoms with Crippen molar-refractivity contribution in [2.24, 2.45) is 0 Å². The van der Waals surface area contributed by atoms with Crippen molar-refractivity contribution < 1.29 is 24.8 Å². The largest absolute Gasteiger partial charge is 0.462 e. The van der Waals surface area contributed by atoms with Crippen LogP contribution >= 0.6 is 11.6 Å². The van der Waals surface area contributed by atoms with E-state index in [1.807, 2.05) is 36.4 Å². The van der Waals surface area contributed by atoms with Crippen molar-refractivity contribution in [2.45, 2.75) is 24.6 Å². The van der Waals surface area contributed by atoms with Gasteiger partial charge in [-0.2, -0.15) is 0 Å². The van der Waals surface area contributed by atoms with Crippen molar-refractivity contribution in [3.05, 3.63) is 53.6 Å². The molecule has 3 rings (SSSR count). The molecule has 2 aromatic rings. The quantitative estimate of drug-likeness (QED) is 0.797. The number of aliphatic hydroxyl groups excluding tert-OH is 3. The summed E-state index contributed by atoms with van der Waals surface area (Å²) in [6, 6.07) is 14.7. The van der Waals surface area contributed by atoms with Crippen LogP contribution in [0, 0.1) is 0 Å². The van der Waals surface area contributed by atoms with Crippen LogP contribution in [0.3, 0.4) is 0 Å². The van der Waals surface area contributed by atoms with E-state index in [0.717, 1.165) is 11.1 Å². The molecule has 23 heavy (non-hydrogen) atoms. The van der Waals surface area contributed by atoms with Crippen LogP contribution in [0.1, 0.15) is 0 Å². The summed E-state index contributed by atoms with van der Waals surface area (Å²) in [4.78, 5) is 0. The lowest BCUT2D eigenvalue weighted by Gasteiger charge is -2.34. The lowest BCUT2D eigenvalue weighted by atomic mass is 10.1. The maximum Gasteiger partial charge on any atom is 0.228 e. The SMILES string of the molecule is OC1COC(Oc2ccc(-c3cccc(Cl)c3)cc2)C(O)C1O. The fourth-order valence-corrected chi connectivity index (χ4v) is 2.60. The summed E-state index contributed by atoms with van der Waals surface area (Å²) < 4.78 is 10.7. The van der Waals surface area contributed by atoms with E-state index in [4.69, 9.17) is 21.1 Å². The molecule has 0 spiro atoms. The summed E-state index contributed by atoms with van der Waals surface area (Å²) >= 11 is 5.98. The van der Waals surface area contributed by atoms with E-state index in [-0.39, 0.29) is 6.61 Å². The van der Waals surface area contributed by atoms with Gasteiger partial charge in [0.25, 0.3) is 0 Å². The Morgan fingerprint density at radius 1 is 0.957 bits per heavy atom. The minimum atomic E-state index is -1.31. The number of halogens is 1. The maximum atomic E-state index is 9.86. The Balaban J connectivity index is 1.70. The first-order chi connectivity index (χ1) is 11.0. The van der Waals surface area contributed by atoms with Crippen molar-refractivity contribution in [1.29, 1.82) is 0 Å². The Morgan fingerprint density at radius 2 is 1.70 bits per heavy atom. The van der Waals surface area contributed by atoms with Crippen molar-refractivity contribution in [2.75, 3.05) is 6.61 Å². The molecular formula is C17H17ClO5. The molecule has 0 aliphatic carbocycles. The van der Waals surface area contributed by atoms with E-state index in [1.54, 1.807) is 12.1 Å². The van der Waals surface area contributed by atoms with Crippen LogP contribution in [0.25, 0.3) is 11.1 Å². The predicted molar refractivity (Wildman–Crippen MR) is 85.3 cm³/mol. The van der Waals surface area contributed by atoms with Crippen molar-refractivity contribution >= 4 is 11.6 Å². The van der Waals surface area contributed by atoms with Gasteiger partial charge in [-0.05, 0) is 35.4 Å². The van der Waals surface area contributed by atoms with Crippen LogP contribution < -0.4 is 4.74 Å². The van der Waals surface area contributed by atoms with Gasteiger partial charge in [0.1, 0.15) is 24.1 Å². The zero-order valence-electron chi connectivity index (χ0n) is 12.2. The molecule has 0 saturated carbocycles. The number of benzene rings is 2. The molecule has 4 atom stereocenters. The minimum absolute atomic E-state index is 0.0938. The van der Waals surface area contributed by atoms with E-state index in [9.17, 15) is 15.3 Å². The molecule has 2 aromatic carbocycles. The topological polar surface area (TPSA) is 79.2 Å². The second-order valence-corrected chi connectivity index (χ2v) is 5.84. The standard InChI is InChI=1S/C17H17ClO5/c18-12-3-1-2-11(8-12)10-4-6-13(7-5-10)23-17-16(21)15(20)14(19)9-22-17/h1-8,14-17,19-21H,9H2. The van der Waals surface area contributed by atoms with Gasteiger partial charge in [-0.1, -0.05) is 35.9 Å². The highest BCUT2D eigenvalue weighted by molar-refractivity contribution is 6.30. The average Bonchev–Trinajstić information content (AvgIpc) is 2.56. The second-order valence-electron chi connectivity index (χ2n) is 5.40. The van der Waals surface area contributed by atoms with Gasteiger partial charge in [0, 0.05) is 5.02 Å². The maximum absolute atomic E-state index is 9.86. The van der Waals surface area contributed by atoms with Crippen LogP contribution in [-0.4, -0.2) is 46.5 Å². The normalized spacial score (nSPS) is 27.7. The molecule has 1 fully saturated rings. The first kappa shape index (κ1) is 16.2. The van der Waals surface area contributed by atoms with Gasteiger partial charge in [0.15, 0.2) is 0 Å². The number of rotatable bonds is 3. The molecule has 0 radical (unpaired) electrons. The van der Waals surface area contributed by atoms with E-state index in [1.165, 1.54) is 0 Å². The molecule has 4 unspecified atom stereocenters. The number of hydrogen-bond acceptors (Lipinski definition) is 5.